The van der Waals surface area contributed by atoms with Gasteiger partial charge in [0.15, 0.2) is 9.84 Å². The zero-order valence-electron chi connectivity index (χ0n) is 28.2. The molecule has 0 spiro atoms. The Morgan fingerprint density at radius 1 is 0.980 bits per heavy atom. The van der Waals surface area contributed by atoms with Gasteiger partial charge in [0.25, 0.3) is 0 Å². The summed E-state index contributed by atoms with van der Waals surface area (Å²) in [6.07, 6.45) is 3.03. The molecule has 3 aromatic rings. The molecule has 1 saturated carbocycles. The first-order chi connectivity index (χ1) is 23.1. The van der Waals surface area contributed by atoms with E-state index in [2.05, 4.69) is 0 Å². The minimum atomic E-state index is -4.15. The summed E-state index contributed by atoms with van der Waals surface area (Å²) in [6.45, 7) is 7.54. The molecule has 1 heterocycles. The van der Waals surface area contributed by atoms with Crippen LogP contribution in [-0.2, 0) is 41.9 Å². The number of hydrogen-bond donors (Lipinski definition) is 0. The summed E-state index contributed by atoms with van der Waals surface area (Å²) in [5.41, 5.74) is 0.201. The molecule has 3 aliphatic rings. The third-order valence-electron chi connectivity index (χ3n) is 10.5. The topological polar surface area (TPSA) is 90.0 Å². The normalized spacial score (nSPS) is 25.3. The van der Waals surface area contributed by atoms with Crippen LogP contribution in [0.4, 0.5) is 8.78 Å². The Morgan fingerprint density at radius 3 is 2.33 bits per heavy atom. The van der Waals surface area contributed by atoms with Crippen molar-refractivity contribution < 1.29 is 36.3 Å². The first-order valence-electron chi connectivity index (χ1n) is 16.8. The second-order valence-corrected chi connectivity index (χ2v) is 17.4. The number of benzene rings is 3. The predicted molar refractivity (Wildman–Crippen MR) is 182 cm³/mol. The highest BCUT2D eigenvalue weighted by molar-refractivity contribution is 7.92. The summed E-state index contributed by atoms with van der Waals surface area (Å²) >= 11 is 6.19. The molecule has 0 N–H and O–H groups in total. The monoisotopic (exact) mass is 713 g/mol. The molecule has 0 unspecified atom stereocenters. The van der Waals surface area contributed by atoms with E-state index < -0.39 is 43.3 Å². The van der Waals surface area contributed by atoms with Gasteiger partial charge in [0.2, 0.25) is 5.91 Å². The second kappa shape index (κ2) is 13.0. The van der Waals surface area contributed by atoms with E-state index in [-0.39, 0.29) is 52.8 Å². The lowest BCUT2D eigenvalue weighted by molar-refractivity contribution is -0.163. The lowest BCUT2D eigenvalue weighted by Crippen LogP contribution is -2.55. The predicted octanol–water partition coefficient (Wildman–Crippen LogP) is 7.95. The number of amides is 1. The van der Waals surface area contributed by atoms with E-state index in [0.717, 1.165) is 17.7 Å². The molecule has 6 rings (SSSR count). The first-order valence-corrected chi connectivity index (χ1v) is 18.7. The summed E-state index contributed by atoms with van der Waals surface area (Å²) in [5, 5.41) is 0.243. The van der Waals surface area contributed by atoms with E-state index in [1.807, 2.05) is 27.7 Å². The van der Waals surface area contributed by atoms with Crippen LogP contribution in [0.2, 0.25) is 5.02 Å². The van der Waals surface area contributed by atoms with Gasteiger partial charge in [-0.2, -0.15) is 0 Å². The Balaban J connectivity index is 1.31. The van der Waals surface area contributed by atoms with Crippen molar-refractivity contribution in [1.29, 1.82) is 0 Å². The van der Waals surface area contributed by atoms with Gasteiger partial charge in [-0.15, -0.1) is 0 Å². The minimum absolute atomic E-state index is 0.0142. The van der Waals surface area contributed by atoms with E-state index in [9.17, 15) is 26.8 Å². The number of nitrogens with zero attached hydrogens (tertiary/aromatic N) is 1. The molecular formula is C38H42ClF2NO6S. The highest BCUT2D eigenvalue weighted by atomic mass is 35.5. The SMILES string of the molecule is CC(C)(C)OC(=O)C1CCC(C)(C(=O)N2CC[C@@]3(S(=O)(=O)c4ccc(F)cc4)c4ccc(OCc5c(F)cccc5Cl)cc4CC[C@@H]23)CC1. The van der Waals surface area contributed by atoms with Crippen molar-refractivity contribution in [2.75, 3.05) is 6.54 Å². The van der Waals surface area contributed by atoms with Crippen molar-refractivity contribution >= 4 is 33.3 Å². The van der Waals surface area contributed by atoms with Gasteiger partial charge in [0.05, 0.1) is 21.9 Å². The van der Waals surface area contributed by atoms with Gasteiger partial charge in [-0.25, -0.2) is 17.2 Å². The Labute approximate surface area is 291 Å². The highest BCUT2D eigenvalue weighted by Crippen LogP contribution is 2.55. The number of ether oxygens (including phenoxy) is 2. The molecule has 11 heteroatoms. The Morgan fingerprint density at radius 2 is 1.67 bits per heavy atom. The third kappa shape index (κ3) is 6.47. The van der Waals surface area contributed by atoms with Gasteiger partial charge in [-0.05, 0) is 125 Å². The van der Waals surface area contributed by atoms with Gasteiger partial charge in [0, 0.05) is 17.5 Å². The van der Waals surface area contributed by atoms with Crippen molar-refractivity contribution in [1.82, 2.24) is 4.90 Å². The van der Waals surface area contributed by atoms with Crippen molar-refractivity contribution in [2.24, 2.45) is 11.3 Å². The molecule has 7 nitrogen and oxygen atoms in total. The lowest BCUT2D eigenvalue weighted by Gasteiger charge is -2.45. The Hall–Kier alpha value is -3.50. The molecule has 1 amide bonds. The second-order valence-electron chi connectivity index (χ2n) is 14.8. The number of carbonyl (C=O) groups excluding carboxylic acids is 2. The quantitative estimate of drug-likeness (QED) is 0.182. The maximum atomic E-state index is 14.8. The van der Waals surface area contributed by atoms with E-state index in [4.69, 9.17) is 21.1 Å². The van der Waals surface area contributed by atoms with E-state index >= 15 is 0 Å². The molecule has 3 aromatic carbocycles. The van der Waals surface area contributed by atoms with Crippen LogP contribution < -0.4 is 4.74 Å². The maximum Gasteiger partial charge on any atom is 0.309 e. The smallest absolute Gasteiger partial charge is 0.309 e. The average molecular weight is 714 g/mol. The molecule has 1 aliphatic heterocycles. The molecule has 2 fully saturated rings. The maximum absolute atomic E-state index is 14.8. The van der Waals surface area contributed by atoms with E-state index in [0.29, 0.717) is 49.8 Å². The van der Waals surface area contributed by atoms with Gasteiger partial charge in [-0.1, -0.05) is 30.7 Å². The molecule has 0 radical (unpaired) electrons. The van der Waals surface area contributed by atoms with Crippen LogP contribution in [0, 0.1) is 23.0 Å². The van der Waals surface area contributed by atoms with Crippen LogP contribution in [0.1, 0.15) is 82.9 Å². The Kier molecular flexibility index (Phi) is 9.37. The molecule has 2 atom stereocenters. The minimum Gasteiger partial charge on any atom is -0.489 e. The van der Waals surface area contributed by atoms with Crippen LogP contribution in [0.25, 0.3) is 0 Å². The molecule has 1 saturated heterocycles. The number of esters is 1. The highest BCUT2D eigenvalue weighted by Gasteiger charge is 2.62. The largest absolute Gasteiger partial charge is 0.489 e. The standard InChI is InChI=1S/C38H42ClF2NO6S/c1-36(2,3)48-34(43)24-16-18-37(4,19-17-24)35(44)42-21-20-38(49(45,46)28-12-9-26(40)10-13-28)30-14-11-27(22-25(30)8-15-33(38)42)47-23-29-31(39)6-5-7-32(29)41/h5-7,9-14,22,24,33H,8,15-21,23H2,1-4H3/t24?,33-,37?,38-/m1/s1. The number of carbonyl (C=O) groups is 2. The zero-order chi connectivity index (χ0) is 35.4. The molecule has 262 valence electrons. The van der Waals surface area contributed by atoms with Crippen LogP contribution in [0.3, 0.4) is 0 Å². The lowest BCUT2D eigenvalue weighted by atomic mass is 9.70. The van der Waals surface area contributed by atoms with Crippen LogP contribution in [0.5, 0.6) is 5.75 Å². The number of hydrogen-bond acceptors (Lipinski definition) is 6. The summed E-state index contributed by atoms with van der Waals surface area (Å²) in [5.74, 6) is -1.25. The fraction of sp³-hybridized carbons (Fsp3) is 0.474. The average Bonchev–Trinajstić information content (AvgIpc) is 3.45. The van der Waals surface area contributed by atoms with Gasteiger partial charge in [0.1, 0.15) is 34.3 Å². The summed E-state index contributed by atoms with van der Waals surface area (Å²) in [7, 11) is -4.15. The van der Waals surface area contributed by atoms with Crippen LogP contribution in [0.15, 0.2) is 65.6 Å². The zero-order valence-corrected chi connectivity index (χ0v) is 29.8. The fourth-order valence-electron chi connectivity index (χ4n) is 7.92. The molecule has 2 aliphatic carbocycles. The van der Waals surface area contributed by atoms with Crippen molar-refractivity contribution in [2.45, 2.75) is 101 Å². The number of rotatable bonds is 7. The van der Waals surface area contributed by atoms with Crippen LogP contribution in [-0.4, -0.2) is 43.4 Å². The summed E-state index contributed by atoms with van der Waals surface area (Å²) in [4.78, 5) is 29.0. The van der Waals surface area contributed by atoms with Crippen molar-refractivity contribution in [3.8, 4) is 5.75 Å². The summed E-state index contributed by atoms with van der Waals surface area (Å²) in [6, 6.07) is 13.8. The van der Waals surface area contributed by atoms with E-state index in [1.165, 1.54) is 24.3 Å². The number of halogens is 3. The summed E-state index contributed by atoms with van der Waals surface area (Å²) < 4.78 is 68.0. The number of likely N-dealkylation sites (tertiary alicyclic amines) is 1. The third-order valence-corrected chi connectivity index (χ3v) is 13.4. The Bertz CT molecular complexity index is 1850. The molecular weight excluding hydrogens is 672 g/mol. The number of aryl methyl sites for hydroxylation is 1. The molecule has 49 heavy (non-hydrogen) atoms. The fourth-order valence-corrected chi connectivity index (χ4v) is 10.5. The van der Waals surface area contributed by atoms with Crippen molar-refractivity contribution in [3.05, 3.63) is 94.0 Å². The van der Waals surface area contributed by atoms with Crippen molar-refractivity contribution in [3.63, 3.8) is 0 Å². The van der Waals surface area contributed by atoms with E-state index in [1.54, 1.807) is 29.2 Å². The number of sulfone groups is 1. The first kappa shape index (κ1) is 35.3. The molecule has 0 bridgehead atoms. The van der Waals surface area contributed by atoms with Gasteiger partial charge < -0.3 is 14.4 Å². The van der Waals surface area contributed by atoms with Gasteiger partial charge >= 0.3 is 5.97 Å². The molecule has 0 aromatic heterocycles. The number of fused-ring (bicyclic) bond motifs is 3. The van der Waals surface area contributed by atoms with Gasteiger partial charge in [-0.3, -0.25) is 9.59 Å². The van der Waals surface area contributed by atoms with Crippen LogP contribution >= 0.6 is 11.6 Å².